The Labute approximate surface area is 311 Å². The number of fused-ring (bicyclic) bond motifs is 2. The molecule has 0 N–H and O–H groups in total. The summed E-state index contributed by atoms with van der Waals surface area (Å²) in [6.07, 6.45) is 1.30. The first kappa shape index (κ1) is 27.8. The van der Waals surface area contributed by atoms with Crippen molar-refractivity contribution >= 4 is 38.0 Å². The van der Waals surface area contributed by atoms with Gasteiger partial charge in [-0.15, -0.1) is 40.8 Å². The van der Waals surface area contributed by atoms with E-state index in [-0.39, 0.29) is 31.2 Å². The molecule has 0 saturated heterocycles. The van der Waals surface area contributed by atoms with Crippen LogP contribution in [0.25, 0.3) is 55.0 Å². The Kier molecular flexibility index (Phi) is 8.65. The Hall–Kier alpha value is -4.15. The standard InChI is InChI=1S/C30H29N2S.C13H12N.Ir/c1-18(2)21-14-15-28-24(16-21)25(17-33-28)30-31-26-12-7-8-13-27(26)32(30)29-22(19(3)4)10-9-11-23(29)20(5)6;1-10-3-6-12(7-4-10)13-8-5-11(2)9-14-13;/h7-16,19-20H,1H2,2-6H3;3-6,8-9H,1-2H3;/q2*-1;/i;1D3,2D3;. The predicted octanol–water partition coefficient (Wildman–Crippen LogP) is 12.2. The van der Waals surface area contributed by atoms with Gasteiger partial charge < -0.3 is 9.55 Å². The quantitative estimate of drug-likeness (QED) is 0.156. The van der Waals surface area contributed by atoms with Crippen LogP contribution in [0.2, 0.25) is 0 Å². The van der Waals surface area contributed by atoms with Crippen molar-refractivity contribution in [3.63, 3.8) is 0 Å². The molecule has 3 aromatic heterocycles. The SMILES string of the molecule is C=C(C)c1ccc2s[c-]c(-c3nc4ccccc4n3-c3c(C(C)C)cccc3C(C)C)c2c1.[2H]C([2H])([2H])c1c[c-]c(-c2ccc(C([2H])([2H])[2H])cn2)cc1.[Ir]. The first-order chi connectivity index (χ1) is 25.0. The van der Waals surface area contributed by atoms with Gasteiger partial charge in [-0.3, -0.25) is 16.3 Å². The fourth-order valence-corrected chi connectivity index (χ4v) is 6.55. The molecule has 5 heteroatoms. The van der Waals surface area contributed by atoms with E-state index in [1.165, 1.54) is 51.3 Å². The molecule has 0 atom stereocenters. The van der Waals surface area contributed by atoms with Crippen LogP contribution in [0.5, 0.6) is 0 Å². The van der Waals surface area contributed by atoms with E-state index in [0.717, 1.165) is 33.6 Å². The number of imidazole rings is 1. The number of benzene rings is 4. The van der Waals surface area contributed by atoms with Gasteiger partial charge in [0.05, 0.1) is 16.9 Å². The maximum atomic E-state index is 7.28. The van der Waals surface area contributed by atoms with Gasteiger partial charge in [0.1, 0.15) is 0 Å². The van der Waals surface area contributed by atoms with Crippen molar-refractivity contribution < 1.29 is 28.3 Å². The molecule has 0 aliphatic carbocycles. The molecule has 245 valence electrons. The van der Waals surface area contributed by atoms with Crippen molar-refractivity contribution in [3.05, 3.63) is 143 Å². The molecule has 7 rings (SSSR count). The Bertz CT molecular complexity index is 2320. The van der Waals surface area contributed by atoms with Gasteiger partial charge in [-0.2, -0.15) is 0 Å². The summed E-state index contributed by atoms with van der Waals surface area (Å²) in [4.78, 5) is 9.25. The molecule has 1 radical (unpaired) electrons. The summed E-state index contributed by atoms with van der Waals surface area (Å²) in [7, 11) is 0. The number of pyridine rings is 1. The first-order valence-electron chi connectivity index (χ1n) is 18.7. The molecule has 48 heavy (non-hydrogen) atoms. The van der Waals surface area contributed by atoms with E-state index in [2.05, 4.69) is 123 Å². The Morgan fingerprint density at radius 3 is 2.23 bits per heavy atom. The van der Waals surface area contributed by atoms with Crippen LogP contribution >= 0.6 is 11.3 Å². The fraction of sp³-hybridized carbons (Fsp3) is 0.209. The Morgan fingerprint density at radius 1 is 0.875 bits per heavy atom. The minimum atomic E-state index is -2.18. The molecule has 0 fully saturated rings. The molecule has 0 aliphatic rings. The second kappa shape index (κ2) is 15.0. The molecule has 0 spiro atoms. The summed E-state index contributed by atoms with van der Waals surface area (Å²) in [5, 5.41) is 4.78. The van der Waals surface area contributed by atoms with E-state index in [4.69, 9.17) is 13.2 Å². The van der Waals surface area contributed by atoms with Gasteiger partial charge in [-0.05, 0) is 65.7 Å². The van der Waals surface area contributed by atoms with Gasteiger partial charge in [0, 0.05) is 40.2 Å². The van der Waals surface area contributed by atoms with Crippen LogP contribution in [-0.4, -0.2) is 14.5 Å². The minimum Gasteiger partial charge on any atom is -0.333 e. The maximum Gasteiger partial charge on any atom is 0.0774 e. The molecule has 7 aromatic rings. The zero-order chi connectivity index (χ0) is 38.2. The summed E-state index contributed by atoms with van der Waals surface area (Å²) in [5.74, 6) is 1.74. The molecular weight excluding hydrogens is 783 g/mol. The Morgan fingerprint density at radius 2 is 1.60 bits per heavy atom. The van der Waals surface area contributed by atoms with Crippen LogP contribution in [0, 0.1) is 25.2 Å². The third-order valence-electron chi connectivity index (χ3n) is 8.21. The van der Waals surface area contributed by atoms with Crippen molar-refractivity contribution in [2.75, 3.05) is 0 Å². The zero-order valence-corrected chi connectivity index (χ0v) is 30.9. The summed E-state index contributed by atoms with van der Waals surface area (Å²) >= 11 is 1.66. The average Bonchev–Trinajstić information content (AvgIpc) is 3.72. The molecule has 3 nitrogen and oxygen atoms in total. The first-order valence-corrected chi connectivity index (χ1v) is 16.6. The van der Waals surface area contributed by atoms with Crippen LogP contribution in [0.3, 0.4) is 0 Å². The van der Waals surface area contributed by atoms with Crippen LogP contribution in [0.4, 0.5) is 0 Å². The number of aromatic nitrogens is 3. The number of thiophene rings is 1. The van der Waals surface area contributed by atoms with Crippen molar-refractivity contribution in [1.29, 1.82) is 0 Å². The third-order valence-corrected chi connectivity index (χ3v) is 9.09. The second-order valence-electron chi connectivity index (χ2n) is 12.3. The van der Waals surface area contributed by atoms with Gasteiger partial charge in [-0.25, -0.2) is 0 Å². The van der Waals surface area contributed by atoms with Crippen LogP contribution in [-0.2, 0) is 20.1 Å². The smallest absolute Gasteiger partial charge is 0.0774 e. The number of allylic oxidation sites excluding steroid dienone is 1. The van der Waals surface area contributed by atoms with E-state index < -0.39 is 13.7 Å². The van der Waals surface area contributed by atoms with Crippen molar-refractivity contribution in [3.8, 4) is 28.3 Å². The van der Waals surface area contributed by atoms with E-state index in [0.29, 0.717) is 23.1 Å². The van der Waals surface area contributed by atoms with Crippen LogP contribution in [0.15, 0.2) is 104 Å². The normalized spacial score (nSPS) is 13.5. The van der Waals surface area contributed by atoms with Gasteiger partial charge in [-0.1, -0.05) is 123 Å². The minimum absolute atomic E-state index is 0. The van der Waals surface area contributed by atoms with Crippen molar-refractivity contribution in [2.24, 2.45) is 0 Å². The summed E-state index contributed by atoms with van der Waals surface area (Å²) in [5.41, 5.74) is 10.9. The molecule has 0 aliphatic heterocycles. The summed E-state index contributed by atoms with van der Waals surface area (Å²) < 4.78 is 47.2. The molecule has 0 unspecified atom stereocenters. The van der Waals surface area contributed by atoms with Gasteiger partial charge >= 0.3 is 0 Å². The number of hydrogen-bond donors (Lipinski definition) is 0. The summed E-state index contributed by atoms with van der Waals surface area (Å²) in [6, 6.07) is 32.2. The number of para-hydroxylation sites is 3. The van der Waals surface area contributed by atoms with E-state index in [1.54, 1.807) is 23.5 Å². The maximum absolute atomic E-state index is 7.28. The summed E-state index contributed by atoms with van der Waals surface area (Å²) in [6.45, 7) is 11.0. The van der Waals surface area contributed by atoms with E-state index in [9.17, 15) is 0 Å². The predicted molar refractivity (Wildman–Crippen MR) is 202 cm³/mol. The number of aryl methyl sites for hydroxylation is 2. The zero-order valence-electron chi connectivity index (χ0n) is 33.7. The molecule has 0 amide bonds. The number of hydrogen-bond acceptors (Lipinski definition) is 3. The molecule has 4 aromatic carbocycles. The molecule has 3 heterocycles. The van der Waals surface area contributed by atoms with Gasteiger partial charge in [0.25, 0.3) is 0 Å². The monoisotopic (exact) mass is 830 g/mol. The number of nitrogens with zero attached hydrogens (tertiary/aromatic N) is 3. The van der Waals surface area contributed by atoms with Crippen LogP contribution in [0.1, 0.15) is 82.5 Å². The molecule has 0 saturated carbocycles. The molecule has 0 bridgehead atoms. The van der Waals surface area contributed by atoms with Crippen LogP contribution < -0.4 is 0 Å². The fourth-order valence-electron chi connectivity index (χ4n) is 5.73. The topological polar surface area (TPSA) is 30.7 Å². The number of rotatable bonds is 6. The second-order valence-corrected chi connectivity index (χ2v) is 13.2. The van der Waals surface area contributed by atoms with Crippen molar-refractivity contribution in [2.45, 2.75) is 60.2 Å². The molecular formula is C43H41IrN3S-2. The van der Waals surface area contributed by atoms with E-state index in [1.807, 2.05) is 0 Å². The Balaban J connectivity index is 0.000000230. The largest absolute Gasteiger partial charge is 0.333 e. The van der Waals surface area contributed by atoms with Gasteiger partial charge in [0.15, 0.2) is 0 Å². The third kappa shape index (κ3) is 7.15. The van der Waals surface area contributed by atoms with Gasteiger partial charge in [0.2, 0.25) is 0 Å². The van der Waals surface area contributed by atoms with Crippen molar-refractivity contribution in [1.82, 2.24) is 14.5 Å². The average molecular weight is 830 g/mol. The van der Waals surface area contributed by atoms with E-state index >= 15 is 0 Å².